The molecule has 0 heterocycles. The second kappa shape index (κ2) is 12.8. The van der Waals surface area contributed by atoms with Crippen molar-refractivity contribution in [2.45, 2.75) is 26.3 Å². The lowest BCUT2D eigenvalue weighted by Crippen LogP contribution is -2.39. The molecule has 111 valence electrons. The summed E-state index contributed by atoms with van der Waals surface area (Å²) in [5.41, 5.74) is 4.39. The number of primary amides is 1. The molecule has 0 aromatic heterocycles. The number of carbonyl (C=O) groups is 2. The Morgan fingerprint density at radius 2 is 1.53 bits per heavy atom. The molecule has 5 heteroatoms. The second-order valence-electron chi connectivity index (χ2n) is 4.85. The van der Waals surface area contributed by atoms with Crippen LogP contribution >= 0.6 is 0 Å². The van der Waals surface area contributed by atoms with Crippen molar-refractivity contribution in [2.75, 3.05) is 20.6 Å². The Morgan fingerprint density at radius 3 is 1.58 bits per heavy atom. The number of hydrogen-bond acceptors (Lipinski definition) is 3. The summed E-state index contributed by atoms with van der Waals surface area (Å²) in [4.78, 5) is 22.1. The number of nitrogens with one attached hydrogen (secondary N) is 1. The van der Waals surface area contributed by atoms with Gasteiger partial charge in [-0.1, -0.05) is 13.2 Å². The van der Waals surface area contributed by atoms with E-state index in [1.165, 1.54) is 6.08 Å². The van der Waals surface area contributed by atoms with Gasteiger partial charge in [0.2, 0.25) is 11.8 Å². The average Bonchev–Trinajstić information content (AvgIpc) is 2.28. The van der Waals surface area contributed by atoms with E-state index in [4.69, 9.17) is 0 Å². The van der Waals surface area contributed by atoms with Crippen LogP contribution in [0.2, 0.25) is 0 Å². The molecule has 0 unspecified atom stereocenters. The third kappa shape index (κ3) is 38.5. The number of nitrogens with zero attached hydrogens (tertiary/aromatic N) is 1. The zero-order valence-electron chi connectivity index (χ0n) is 12.8. The third-order valence-electron chi connectivity index (χ3n) is 1.33. The van der Waals surface area contributed by atoms with Crippen LogP contribution in [0.4, 0.5) is 0 Å². The first-order valence-corrected chi connectivity index (χ1v) is 5.80. The number of rotatable bonds is 3. The second-order valence-corrected chi connectivity index (χ2v) is 4.85. The lowest BCUT2D eigenvalue weighted by molar-refractivity contribution is -0.117. The molecule has 5 nitrogen and oxygen atoms in total. The van der Waals surface area contributed by atoms with Crippen molar-refractivity contribution in [1.29, 1.82) is 0 Å². The molecule has 0 saturated carbocycles. The molecule has 0 saturated heterocycles. The zero-order valence-corrected chi connectivity index (χ0v) is 12.8. The molecular weight excluding hydrogens is 242 g/mol. The molecule has 2 amide bonds. The number of hydrogen-bond donors (Lipinski definition) is 2. The van der Waals surface area contributed by atoms with Crippen LogP contribution in [0, 0.1) is 6.92 Å². The molecule has 1 radical (unpaired) electrons. The van der Waals surface area contributed by atoms with Crippen LogP contribution < -0.4 is 11.1 Å². The van der Waals surface area contributed by atoms with Gasteiger partial charge in [0.25, 0.3) is 0 Å². The van der Waals surface area contributed by atoms with E-state index in [-0.39, 0.29) is 11.4 Å². The highest BCUT2D eigenvalue weighted by Gasteiger charge is 2.10. The van der Waals surface area contributed by atoms with Gasteiger partial charge in [-0.05, 0) is 60.5 Å². The molecule has 3 N–H and O–H groups in total. The Kier molecular flexibility index (Phi) is 15.2. The first-order valence-electron chi connectivity index (χ1n) is 5.80. The van der Waals surface area contributed by atoms with Crippen molar-refractivity contribution in [3.05, 3.63) is 32.2 Å². The van der Waals surface area contributed by atoms with Gasteiger partial charge < -0.3 is 16.0 Å². The highest BCUT2D eigenvalue weighted by molar-refractivity contribution is 5.87. The molecular formula is C14H28N3O2. The van der Waals surface area contributed by atoms with Crippen LogP contribution in [-0.4, -0.2) is 42.9 Å². The minimum absolute atomic E-state index is 0.123. The van der Waals surface area contributed by atoms with E-state index in [2.05, 4.69) is 31.1 Å². The van der Waals surface area contributed by atoms with Crippen molar-refractivity contribution in [2.24, 2.45) is 5.73 Å². The average molecular weight is 270 g/mol. The van der Waals surface area contributed by atoms with Crippen LogP contribution in [-0.2, 0) is 9.59 Å². The SMILES string of the molecule is C=CC(=O)NC(C)(C)C.C=CC(N)=O.[CH2]CN(C)C. The lowest BCUT2D eigenvalue weighted by Gasteiger charge is -2.18. The van der Waals surface area contributed by atoms with Gasteiger partial charge in [-0.3, -0.25) is 9.59 Å². The zero-order chi connectivity index (χ0) is 16.1. The van der Waals surface area contributed by atoms with Gasteiger partial charge in [-0.25, -0.2) is 0 Å². The molecule has 0 aliphatic rings. The Morgan fingerprint density at radius 1 is 1.21 bits per heavy atom. The number of amides is 2. The highest BCUT2D eigenvalue weighted by Crippen LogP contribution is 1.97. The van der Waals surface area contributed by atoms with E-state index in [0.29, 0.717) is 0 Å². The van der Waals surface area contributed by atoms with Gasteiger partial charge in [0.1, 0.15) is 0 Å². The maximum Gasteiger partial charge on any atom is 0.243 e. The summed E-state index contributed by atoms with van der Waals surface area (Å²) < 4.78 is 0. The molecule has 0 aromatic rings. The summed E-state index contributed by atoms with van der Waals surface area (Å²) >= 11 is 0. The fraction of sp³-hybridized carbons (Fsp3) is 0.500. The standard InChI is InChI=1S/C7H13NO.C4H10N.C3H5NO/c1-5-6(9)8-7(2,3)4;1-4-5(2)3;1-2-3(4)5/h5H,1H2,2-4H3,(H,8,9);1,4H2,2-3H3;2H,1H2,(H2,4,5). The van der Waals surface area contributed by atoms with E-state index in [0.717, 1.165) is 12.6 Å². The van der Waals surface area contributed by atoms with Crippen molar-refractivity contribution in [3.8, 4) is 0 Å². The van der Waals surface area contributed by atoms with Crippen molar-refractivity contribution in [3.63, 3.8) is 0 Å². The minimum Gasteiger partial charge on any atom is -0.366 e. The van der Waals surface area contributed by atoms with Gasteiger partial charge in [0, 0.05) is 5.54 Å². The monoisotopic (exact) mass is 270 g/mol. The maximum absolute atomic E-state index is 10.6. The smallest absolute Gasteiger partial charge is 0.243 e. The van der Waals surface area contributed by atoms with E-state index in [1.807, 2.05) is 39.8 Å². The Balaban J connectivity index is -0.000000219. The molecule has 0 aromatic carbocycles. The van der Waals surface area contributed by atoms with Crippen molar-refractivity contribution >= 4 is 11.8 Å². The predicted molar refractivity (Wildman–Crippen MR) is 81.4 cm³/mol. The molecule has 0 aliphatic carbocycles. The van der Waals surface area contributed by atoms with E-state index in [1.54, 1.807) is 0 Å². The van der Waals surface area contributed by atoms with Crippen molar-refractivity contribution in [1.82, 2.24) is 10.2 Å². The summed E-state index contributed by atoms with van der Waals surface area (Å²) in [7, 11) is 3.99. The predicted octanol–water partition coefficient (Wildman–Crippen LogP) is 1.13. The fourth-order valence-electron chi connectivity index (χ4n) is 0.421. The molecule has 0 spiro atoms. The molecule has 0 bridgehead atoms. The van der Waals surface area contributed by atoms with Crippen LogP contribution in [0.5, 0.6) is 0 Å². The minimum atomic E-state index is -0.481. The summed E-state index contributed by atoms with van der Waals surface area (Å²) in [6.07, 6.45) is 2.32. The van der Waals surface area contributed by atoms with Crippen molar-refractivity contribution < 1.29 is 9.59 Å². The molecule has 0 atom stereocenters. The van der Waals surface area contributed by atoms with E-state index in [9.17, 15) is 9.59 Å². The molecule has 0 rings (SSSR count). The highest BCUT2D eigenvalue weighted by atomic mass is 16.1. The summed E-state index contributed by atoms with van der Waals surface area (Å²) in [6.45, 7) is 16.7. The first kappa shape index (κ1) is 22.6. The number of nitrogens with two attached hydrogens (primary N) is 1. The van der Waals surface area contributed by atoms with Gasteiger partial charge in [-0.15, -0.1) is 0 Å². The molecule has 19 heavy (non-hydrogen) atoms. The largest absolute Gasteiger partial charge is 0.366 e. The van der Waals surface area contributed by atoms with E-state index >= 15 is 0 Å². The quantitative estimate of drug-likeness (QED) is 0.755. The Labute approximate surface area is 117 Å². The number of carbonyl (C=O) groups excluding carboxylic acids is 2. The Bertz CT molecular complexity index is 279. The molecule has 0 fully saturated rings. The normalized spacial score (nSPS) is 9.21. The third-order valence-corrected chi connectivity index (χ3v) is 1.33. The summed E-state index contributed by atoms with van der Waals surface area (Å²) in [5, 5.41) is 2.71. The van der Waals surface area contributed by atoms with Crippen LogP contribution in [0.3, 0.4) is 0 Å². The van der Waals surface area contributed by atoms with Gasteiger partial charge in [0.15, 0.2) is 0 Å². The van der Waals surface area contributed by atoms with Crippen LogP contribution in [0.15, 0.2) is 25.3 Å². The summed E-state index contributed by atoms with van der Waals surface area (Å²) in [6, 6.07) is 0. The van der Waals surface area contributed by atoms with E-state index < -0.39 is 5.91 Å². The van der Waals surface area contributed by atoms with Gasteiger partial charge >= 0.3 is 0 Å². The fourth-order valence-corrected chi connectivity index (χ4v) is 0.421. The Hall–Kier alpha value is -1.62. The first-order chi connectivity index (χ1) is 8.49. The topological polar surface area (TPSA) is 75.4 Å². The van der Waals surface area contributed by atoms with Gasteiger partial charge in [-0.2, -0.15) is 0 Å². The van der Waals surface area contributed by atoms with Crippen LogP contribution in [0.25, 0.3) is 0 Å². The molecule has 0 aliphatic heterocycles. The van der Waals surface area contributed by atoms with Gasteiger partial charge in [0.05, 0.1) is 0 Å². The maximum atomic E-state index is 10.6. The lowest BCUT2D eigenvalue weighted by atomic mass is 10.1. The summed E-state index contributed by atoms with van der Waals surface area (Å²) in [5.74, 6) is -0.604. The van der Waals surface area contributed by atoms with Crippen LogP contribution in [0.1, 0.15) is 20.8 Å².